The van der Waals surface area contributed by atoms with Gasteiger partial charge in [0.15, 0.2) is 11.5 Å². The van der Waals surface area contributed by atoms with Crippen LogP contribution < -0.4 is 14.8 Å². The van der Waals surface area contributed by atoms with Crippen LogP contribution in [0.4, 0.5) is 0 Å². The van der Waals surface area contributed by atoms with Crippen molar-refractivity contribution in [2.75, 3.05) is 40.4 Å². The van der Waals surface area contributed by atoms with Crippen LogP contribution in [0.3, 0.4) is 0 Å². The van der Waals surface area contributed by atoms with Crippen LogP contribution in [0, 0.1) is 0 Å². The van der Waals surface area contributed by atoms with Crippen molar-refractivity contribution in [3.63, 3.8) is 0 Å². The number of carbonyl (C=O) groups excluding carboxylic acids is 1. The fourth-order valence-corrected chi connectivity index (χ4v) is 2.67. The number of ether oxygens (including phenoxy) is 2. The number of halogens is 1. The molecule has 0 atom stereocenters. The van der Waals surface area contributed by atoms with Gasteiger partial charge in [0.2, 0.25) is 5.91 Å². The van der Waals surface area contributed by atoms with E-state index < -0.39 is 0 Å². The molecule has 0 radical (unpaired) electrons. The van der Waals surface area contributed by atoms with Gasteiger partial charge >= 0.3 is 0 Å². The average Bonchev–Trinajstić information content (AvgIpc) is 2.81. The maximum atomic E-state index is 12.2. The van der Waals surface area contributed by atoms with Crippen molar-refractivity contribution in [3.8, 4) is 11.5 Å². The molecule has 1 N–H and O–H groups in total. The maximum absolute atomic E-state index is 12.2. The molecule has 1 aromatic rings. The Morgan fingerprint density at radius 2 is 2.09 bits per heavy atom. The summed E-state index contributed by atoms with van der Waals surface area (Å²) in [5, 5.41) is 3.73. The number of nitrogens with zero attached hydrogens (tertiary/aromatic N) is 1. The van der Waals surface area contributed by atoms with E-state index in [2.05, 4.69) is 5.32 Å². The number of amides is 1. The zero-order chi connectivity index (χ0) is 15.9. The molecule has 1 heterocycles. The highest BCUT2D eigenvalue weighted by Crippen LogP contribution is 2.36. The SMILES string of the molecule is COc1cc(/C=C/C(=O)N2CCCNCC2)cc(Cl)c1OC. The quantitative estimate of drug-likeness (QED) is 0.863. The van der Waals surface area contributed by atoms with Crippen LogP contribution in [-0.2, 0) is 4.79 Å². The molecule has 120 valence electrons. The average molecular weight is 325 g/mol. The van der Waals surface area contributed by atoms with E-state index in [1.807, 2.05) is 4.90 Å². The largest absolute Gasteiger partial charge is 0.493 e. The molecule has 0 spiro atoms. The van der Waals surface area contributed by atoms with Crippen molar-refractivity contribution in [2.45, 2.75) is 6.42 Å². The Morgan fingerprint density at radius 1 is 1.27 bits per heavy atom. The number of hydrogen-bond donors (Lipinski definition) is 1. The van der Waals surface area contributed by atoms with Gasteiger partial charge in [-0.3, -0.25) is 4.79 Å². The lowest BCUT2D eigenvalue weighted by Gasteiger charge is -2.17. The molecule has 1 aliphatic rings. The Labute approximate surface area is 135 Å². The van der Waals surface area contributed by atoms with Crippen LogP contribution in [0.2, 0.25) is 5.02 Å². The van der Waals surface area contributed by atoms with E-state index in [1.54, 1.807) is 31.4 Å². The minimum atomic E-state index is 0.00890. The Hall–Kier alpha value is -1.72. The summed E-state index contributed by atoms with van der Waals surface area (Å²) in [6.45, 7) is 3.30. The molecule has 0 aliphatic carbocycles. The van der Waals surface area contributed by atoms with E-state index in [1.165, 1.54) is 7.11 Å². The highest BCUT2D eigenvalue weighted by Gasteiger charge is 2.13. The molecule has 1 aliphatic heterocycles. The van der Waals surface area contributed by atoms with Crippen LogP contribution in [0.15, 0.2) is 18.2 Å². The summed E-state index contributed by atoms with van der Waals surface area (Å²) in [5.41, 5.74) is 0.795. The minimum Gasteiger partial charge on any atom is -0.493 e. The first kappa shape index (κ1) is 16.6. The van der Waals surface area contributed by atoms with Gasteiger partial charge in [-0.05, 0) is 36.7 Å². The molecule has 0 aromatic heterocycles. The fraction of sp³-hybridized carbons (Fsp3) is 0.438. The molecule has 1 fully saturated rings. The zero-order valence-electron chi connectivity index (χ0n) is 12.9. The van der Waals surface area contributed by atoms with E-state index in [9.17, 15) is 4.79 Å². The molecule has 0 saturated carbocycles. The molecule has 6 heteroatoms. The number of nitrogens with one attached hydrogen (secondary N) is 1. The second-order valence-corrected chi connectivity index (χ2v) is 5.41. The summed E-state index contributed by atoms with van der Waals surface area (Å²) in [7, 11) is 3.09. The summed E-state index contributed by atoms with van der Waals surface area (Å²) >= 11 is 6.16. The third-order valence-electron chi connectivity index (χ3n) is 3.53. The molecular formula is C16H21ClN2O3. The molecule has 0 bridgehead atoms. The van der Waals surface area contributed by atoms with Crippen molar-refractivity contribution in [3.05, 3.63) is 28.8 Å². The molecule has 0 unspecified atom stereocenters. The smallest absolute Gasteiger partial charge is 0.246 e. The predicted octanol–water partition coefficient (Wildman–Crippen LogP) is 2.19. The highest BCUT2D eigenvalue weighted by atomic mass is 35.5. The Morgan fingerprint density at radius 3 is 2.82 bits per heavy atom. The fourth-order valence-electron chi connectivity index (χ4n) is 2.37. The first-order valence-corrected chi connectivity index (χ1v) is 7.62. The second-order valence-electron chi connectivity index (χ2n) is 5.00. The Kier molecular flexibility index (Phi) is 6.10. The highest BCUT2D eigenvalue weighted by molar-refractivity contribution is 6.32. The second kappa shape index (κ2) is 8.06. The molecule has 5 nitrogen and oxygen atoms in total. The molecule has 2 rings (SSSR count). The Balaban J connectivity index is 2.12. The van der Waals surface area contributed by atoms with Crippen LogP contribution >= 0.6 is 11.6 Å². The molecule has 1 aromatic carbocycles. The summed E-state index contributed by atoms with van der Waals surface area (Å²) in [5.74, 6) is 1.04. The number of methoxy groups -OCH3 is 2. The standard InChI is InChI=1S/C16H21ClN2O3/c1-21-14-11-12(10-13(17)16(14)22-2)4-5-15(20)19-8-3-6-18-7-9-19/h4-5,10-11,18H,3,6-9H2,1-2H3/b5-4+. The lowest BCUT2D eigenvalue weighted by Crippen LogP contribution is -2.32. The number of hydrogen-bond acceptors (Lipinski definition) is 4. The zero-order valence-corrected chi connectivity index (χ0v) is 13.7. The summed E-state index contributed by atoms with van der Waals surface area (Å²) in [6, 6.07) is 3.54. The van der Waals surface area contributed by atoms with Gasteiger partial charge < -0.3 is 19.7 Å². The van der Waals surface area contributed by atoms with Crippen molar-refractivity contribution in [1.29, 1.82) is 0 Å². The molecule has 22 heavy (non-hydrogen) atoms. The van der Waals surface area contributed by atoms with E-state index in [-0.39, 0.29) is 5.91 Å². The van der Waals surface area contributed by atoms with Gasteiger partial charge in [-0.1, -0.05) is 11.6 Å². The monoisotopic (exact) mass is 324 g/mol. The van der Waals surface area contributed by atoms with Gasteiger partial charge in [0.25, 0.3) is 0 Å². The van der Waals surface area contributed by atoms with Crippen molar-refractivity contribution >= 4 is 23.6 Å². The summed E-state index contributed by atoms with van der Waals surface area (Å²) < 4.78 is 10.4. The van der Waals surface area contributed by atoms with Gasteiger partial charge in [0, 0.05) is 25.7 Å². The summed E-state index contributed by atoms with van der Waals surface area (Å²) in [6.07, 6.45) is 4.29. The first-order chi connectivity index (χ1) is 10.7. The van der Waals surface area contributed by atoms with Crippen molar-refractivity contribution in [2.24, 2.45) is 0 Å². The van der Waals surface area contributed by atoms with Gasteiger partial charge in [-0.2, -0.15) is 0 Å². The number of rotatable bonds is 4. The van der Waals surface area contributed by atoms with Crippen LogP contribution in [-0.4, -0.2) is 51.2 Å². The lowest BCUT2D eigenvalue weighted by molar-refractivity contribution is -0.125. The van der Waals surface area contributed by atoms with Gasteiger partial charge in [-0.15, -0.1) is 0 Å². The minimum absolute atomic E-state index is 0.00890. The van der Waals surface area contributed by atoms with Crippen LogP contribution in [0.1, 0.15) is 12.0 Å². The normalized spacial score (nSPS) is 15.7. The molecule has 1 saturated heterocycles. The van der Waals surface area contributed by atoms with Gasteiger partial charge in [-0.25, -0.2) is 0 Å². The van der Waals surface area contributed by atoms with Crippen molar-refractivity contribution < 1.29 is 14.3 Å². The number of benzene rings is 1. The molecular weight excluding hydrogens is 304 g/mol. The third-order valence-corrected chi connectivity index (χ3v) is 3.81. The van der Waals surface area contributed by atoms with Crippen LogP contribution in [0.5, 0.6) is 11.5 Å². The van der Waals surface area contributed by atoms with Crippen LogP contribution in [0.25, 0.3) is 6.08 Å². The summed E-state index contributed by atoms with van der Waals surface area (Å²) in [4.78, 5) is 14.1. The first-order valence-electron chi connectivity index (χ1n) is 7.25. The predicted molar refractivity (Wildman–Crippen MR) is 87.7 cm³/mol. The van der Waals surface area contributed by atoms with Gasteiger partial charge in [0.1, 0.15) is 0 Å². The van der Waals surface area contributed by atoms with E-state index in [0.29, 0.717) is 16.5 Å². The van der Waals surface area contributed by atoms with E-state index in [0.717, 1.165) is 38.2 Å². The molecule has 1 amide bonds. The van der Waals surface area contributed by atoms with Crippen molar-refractivity contribution in [1.82, 2.24) is 10.2 Å². The third kappa shape index (κ3) is 4.15. The maximum Gasteiger partial charge on any atom is 0.246 e. The topological polar surface area (TPSA) is 50.8 Å². The van der Waals surface area contributed by atoms with E-state index >= 15 is 0 Å². The van der Waals surface area contributed by atoms with E-state index in [4.69, 9.17) is 21.1 Å². The number of carbonyl (C=O) groups is 1. The Bertz CT molecular complexity index is 553. The lowest BCUT2D eigenvalue weighted by atomic mass is 10.2. The van der Waals surface area contributed by atoms with Gasteiger partial charge in [0.05, 0.1) is 19.2 Å².